The zero-order chi connectivity index (χ0) is 18.1. The van der Waals surface area contributed by atoms with Crippen molar-refractivity contribution in [2.24, 2.45) is 5.92 Å². The molecule has 0 aromatic heterocycles. The third kappa shape index (κ3) is 3.89. The van der Waals surface area contributed by atoms with Gasteiger partial charge >= 0.3 is 0 Å². The van der Waals surface area contributed by atoms with Crippen molar-refractivity contribution in [2.75, 3.05) is 19.3 Å². The van der Waals surface area contributed by atoms with Gasteiger partial charge in [-0.05, 0) is 48.6 Å². The minimum Gasteiger partial charge on any atom is -0.341 e. The Labute approximate surface area is 159 Å². The molecule has 1 N–H and O–H groups in total. The van der Waals surface area contributed by atoms with Gasteiger partial charge in [0.25, 0.3) is 0 Å². The van der Waals surface area contributed by atoms with Crippen molar-refractivity contribution in [3.63, 3.8) is 0 Å². The van der Waals surface area contributed by atoms with E-state index in [1.807, 2.05) is 4.90 Å². The summed E-state index contributed by atoms with van der Waals surface area (Å²) in [4.78, 5) is 14.9. The molecule has 142 valence electrons. The molecule has 1 aromatic carbocycles. The van der Waals surface area contributed by atoms with Crippen LogP contribution in [-0.2, 0) is 15.8 Å². The summed E-state index contributed by atoms with van der Waals surface area (Å²) in [5.41, 5.74) is 2.94. The molecule has 4 nitrogen and oxygen atoms in total. The molecule has 1 aromatic rings. The summed E-state index contributed by atoms with van der Waals surface area (Å²) in [6.45, 7) is 1.49. The van der Waals surface area contributed by atoms with Gasteiger partial charge in [-0.25, -0.2) is 8.93 Å². The Morgan fingerprint density at radius 2 is 1.85 bits per heavy atom. The van der Waals surface area contributed by atoms with Gasteiger partial charge in [0.05, 0.1) is 11.0 Å². The summed E-state index contributed by atoms with van der Waals surface area (Å²) in [5, 5.41) is 0. The second-order valence-corrected chi connectivity index (χ2v) is 9.40. The summed E-state index contributed by atoms with van der Waals surface area (Å²) >= 11 is 0. The Hall–Kier alpha value is -1.20. The van der Waals surface area contributed by atoms with Crippen LogP contribution in [0.15, 0.2) is 24.3 Å². The highest BCUT2D eigenvalue weighted by atomic mass is 32.2. The maximum absolute atomic E-state index is 12.9. The first-order valence-corrected chi connectivity index (χ1v) is 11.7. The van der Waals surface area contributed by atoms with Crippen LogP contribution in [0.3, 0.4) is 0 Å². The lowest BCUT2D eigenvalue weighted by Gasteiger charge is -2.24. The third-order valence-electron chi connectivity index (χ3n) is 6.38. The predicted octanol–water partition coefficient (Wildman–Crippen LogP) is 3.32. The summed E-state index contributed by atoms with van der Waals surface area (Å²) < 4.78 is 14.4. The fraction of sp³-hybridized carbons (Fsp3) is 0.667. The van der Waals surface area contributed by atoms with Crippen molar-refractivity contribution in [3.05, 3.63) is 35.4 Å². The fourth-order valence-electron chi connectivity index (χ4n) is 4.97. The van der Waals surface area contributed by atoms with Gasteiger partial charge < -0.3 is 4.90 Å². The average molecular weight is 375 g/mol. The molecule has 0 spiro atoms. The molecule has 1 aliphatic heterocycles. The molecule has 0 bridgehead atoms. The van der Waals surface area contributed by atoms with E-state index < -0.39 is 11.0 Å². The number of hydrogen-bond donors (Lipinski definition) is 1. The molecule has 4 atom stereocenters. The van der Waals surface area contributed by atoms with Crippen LogP contribution in [0.5, 0.6) is 0 Å². The van der Waals surface area contributed by atoms with Crippen LogP contribution in [0.2, 0.25) is 0 Å². The summed E-state index contributed by atoms with van der Waals surface area (Å²) in [6.07, 6.45) is 10.2. The molecule has 0 radical (unpaired) electrons. The topological polar surface area (TPSA) is 49.4 Å². The molecule has 5 heteroatoms. The van der Waals surface area contributed by atoms with E-state index in [1.165, 1.54) is 43.2 Å². The summed E-state index contributed by atoms with van der Waals surface area (Å²) in [7, 11) is -1.01. The van der Waals surface area contributed by atoms with Crippen LogP contribution in [-0.4, -0.2) is 40.4 Å². The molecule has 3 fully saturated rings. The molecular weight excluding hydrogens is 344 g/mol. The third-order valence-corrected chi connectivity index (χ3v) is 7.05. The first kappa shape index (κ1) is 18.2. The van der Waals surface area contributed by atoms with E-state index in [0.717, 1.165) is 19.4 Å². The van der Waals surface area contributed by atoms with Crippen molar-refractivity contribution in [3.8, 4) is 0 Å². The number of carbonyl (C=O) groups is 1. The van der Waals surface area contributed by atoms with Gasteiger partial charge in [-0.1, -0.05) is 43.5 Å². The van der Waals surface area contributed by atoms with Gasteiger partial charge in [-0.3, -0.25) is 4.79 Å². The molecule has 1 amide bonds. The van der Waals surface area contributed by atoms with E-state index >= 15 is 0 Å². The number of benzene rings is 1. The van der Waals surface area contributed by atoms with Gasteiger partial charge in [-0.2, -0.15) is 0 Å². The maximum atomic E-state index is 12.9. The normalized spacial score (nSPS) is 30.3. The molecule has 2 aliphatic carbocycles. The highest BCUT2D eigenvalue weighted by Gasteiger charge is 2.47. The number of nitrogens with zero attached hydrogens (tertiary/aromatic N) is 1. The number of nitrogens with one attached hydrogen (secondary N) is 1. The quantitative estimate of drug-likeness (QED) is 0.859. The lowest BCUT2D eigenvalue weighted by atomic mass is 9.81. The minimum atomic E-state index is -1.01. The lowest BCUT2D eigenvalue weighted by molar-refractivity contribution is -0.131. The van der Waals surface area contributed by atoms with E-state index in [9.17, 15) is 9.00 Å². The van der Waals surface area contributed by atoms with Crippen LogP contribution < -0.4 is 4.72 Å². The van der Waals surface area contributed by atoms with Crippen molar-refractivity contribution in [1.29, 1.82) is 0 Å². The number of rotatable bonds is 5. The van der Waals surface area contributed by atoms with Crippen LogP contribution in [0.25, 0.3) is 0 Å². The fourth-order valence-corrected chi connectivity index (χ4v) is 5.63. The van der Waals surface area contributed by atoms with Crippen molar-refractivity contribution >= 4 is 16.9 Å². The summed E-state index contributed by atoms with van der Waals surface area (Å²) in [6, 6.07) is 9.03. The van der Waals surface area contributed by atoms with Gasteiger partial charge in [0.2, 0.25) is 5.91 Å². The zero-order valence-electron chi connectivity index (χ0n) is 15.7. The van der Waals surface area contributed by atoms with E-state index in [0.29, 0.717) is 24.3 Å². The number of likely N-dealkylation sites (tertiary alicyclic amines) is 1. The van der Waals surface area contributed by atoms with Crippen molar-refractivity contribution < 1.29 is 9.00 Å². The Morgan fingerprint density at radius 1 is 1.12 bits per heavy atom. The number of amides is 1. The Balaban J connectivity index is 1.41. The minimum absolute atomic E-state index is 0.158. The van der Waals surface area contributed by atoms with Crippen LogP contribution >= 0.6 is 0 Å². The van der Waals surface area contributed by atoms with Crippen LogP contribution in [0.4, 0.5) is 0 Å². The molecule has 1 heterocycles. The molecule has 4 rings (SSSR count). The largest absolute Gasteiger partial charge is 0.341 e. The highest BCUT2D eigenvalue weighted by molar-refractivity contribution is 7.82. The standard InChI is InChI=1S/C21H30N2O2S/c1-26(25)22-16-11-12-23(14-16)21(24)20-13-19(20)18-10-6-5-9-17(18)15-7-3-2-4-8-15/h5-6,9-10,15-16,19-20,22H,2-4,7-8,11-14H2,1H3. The monoisotopic (exact) mass is 374 g/mol. The van der Waals surface area contributed by atoms with E-state index in [1.54, 1.807) is 6.26 Å². The van der Waals surface area contributed by atoms with Gasteiger partial charge in [0.15, 0.2) is 0 Å². The molecule has 1 saturated heterocycles. The van der Waals surface area contributed by atoms with Gasteiger partial charge in [0, 0.05) is 31.3 Å². The second-order valence-electron chi connectivity index (χ2n) is 8.25. The Morgan fingerprint density at radius 3 is 2.58 bits per heavy atom. The first-order valence-electron chi connectivity index (χ1n) is 10.1. The molecule has 26 heavy (non-hydrogen) atoms. The van der Waals surface area contributed by atoms with E-state index in [4.69, 9.17) is 0 Å². The van der Waals surface area contributed by atoms with Crippen molar-refractivity contribution in [2.45, 2.75) is 62.8 Å². The maximum Gasteiger partial charge on any atom is 0.226 e. The Bertz CT molecular complexity index is 686. The molecule has 3 aliphatic rings. The average Bonchev–Trinajstić information content (AvgIpc) is 3.33. The van der Waals surface area contributed by atoms with Crippen LogP contribution in [0.1, 0.15) is 67.9 Å². The van der Waals surface area contributed by atoms with E-state index in [-0.39, 0.29) is 12.0 Å². The summed E-state index contributed by atoms with van der Waals surface area (Å²) in [5.74, 6) is 1.56. The number of hydrogen-bond acceptors (Lipinski definition) is 2. The predicted molar refractivity (Wildman–Crippen MR) is 105 cm³/mol. The second kappa shape index (κ2) is 7.81. The lowest BCUT2D eigenvalue weighted by Crippen LogP contribution is -2.36. The van der Waals surface area contributed by atoms with Crippen molar-refractivity contribution in [1.82, 2.24) is 9.62 Å². The highest BCUT2D eigenvalue weighted by Crippen LogP contribution is 2.51. The van der Waals surface area contributed by atoms with Gasteiger partial charge in [0.1, 0.15) is 0 Å². The smallest absolute Gasteiger partial charge is 0.226 e. The van der Waals surface area contributed by atoms with Crippen LogP contribution in [0, 0.1) is 5.92 Å². The molecular formula is C21H30N2O2S. The molecule has 2 saturated carbocycles. The first-order chi connectivity index (χ1) is 12.6. The Kier molecular flexibility index (Phi) is 5.46. The zero-order valence-corrected chi connectivity index (χ0v) is 16.5. The molecule has 4 unspecified atom stereocenters. The number of carbonyl (C=O) groups excluding carboxylic acids is 1. The SMILES string of the molecule is CS(=O)NC1CCN(C(=O)C2CC2c2ccccc2C2CCCCC2)C1. The van der Waals surface area contributed by atoms with Gasteiger partial charge in [-0.15, -0.1) is 0 Å². The van der Waals surface area contributed by atoms with E-state index in [2.05, 4.69) is 29.0 Å².